The van der Waals surface area contributed by atoms with Gasteiger partial charge in [-0.15, -0.1) is 0 Å². The van der Waals surface area contributed by atoms with Crippen LogP contribution in [-0.4, -0.2) is 54.4 Å². The molecule has 0 fully saturated rings. The van der Waals surface area contributed by atoms with Crippen LogP contribution in [0.5, 0.6) is 0 Å². The lowest BCUT2D eigenvalue weighted by molar-refractivity contribution is -0.177. The Morgan fingerprint density at radius 3 is 2.00 bits per heavy atom. The fraction of sp³-hybridized carbons (Fsp3) is 0.321. The van der Waals surface area contributed by atoms with E-state index in [9.17, 15) is 24.0 Å². The standard InChI is InChI=1S/C28H26O9/c1-13-10-20(14(2)25-24(13)26(32)18-8-6-7-9-19(18)27(25)33)21-11-22(35-16(4)30)28(36-17(5)31)23(37-21)12-34-15(3)29/h6-11,22-23,28H,12H2,1-5H3/t22-,23-,28+/m1/s1. The fourth-order valence-electron chi connectivity index (χ4n) is 4.73. The van der Waals surface area contributed by atoms with Gasteiger partial charge in [0.15, 0.2) is 29.9 Å². The summed E-state index contributed by atoms with van der Waals surface area (Å²) < 4.78 is 22.0. The Hall–Kier alpha value is -4.27. The van der Waals surface area contributed by atoms with Crippen LogP contribution in [0.15, 0.2) is 36.4 Å². The van der Waals surface area contributed by atoms with Crippen LogP contribution < -0.4 is 0 Å². The highest BCUT2D eigenvalue weighted by Gasteiger charge is 2.42. The zero-order chi connectivity index (χ0) is 27.0. The first-order chi connectivity index (χ1) is 17.5. The van der Waals surface area contributed by atoms with Crippen molar-refractivity contribution in [2.45, 2.75) is 52.9 Å². The Labute approximate surface area is 213 Å². The number of hydrogen-bond acceptors (Lipinski definition) is 9. The molecule has 2 aromatic rings. The van der Waals surface area contributed by atoms with Gasteiger partial charge in [0.25, 0.3) is 0 Å². The van der Waals surface area contributed by atoms with Crippen molar-refractivity contribution in [3.63, 3.8) is 0 Å². The van der Waals surface area contributed by atoms with E-state index in [0.717, 1.165) is 0 Å². The number of ether oxygens (including phenoxy) is 4. The summed E-state index contributed by atoms with van der Waals surface area (Å²) in [6.07, 6.45) is -1.67. The molecular weight excluding hydrogens is 480 g/mol. The van der Waals surface area contributed by atoms with E-state index in [2.05, 4.69) is 0 Å². The third kappa shape index (κ3) is 4.89. The van der Waals surface area contributed by atoms with E-state index in [1.54, 1.807) is 44.2 Å². The lowest BCUT2D eigenvalue weighted by atomic mass is 9.78. The zero-order valence-electron chi connectivity index (χ0n) is 21.1. The lowest BCUT2D eigenvalue weighted by Gasteiger charge is -2.36. The quantitative estimate of drug-likeness (QED) is 0.379. The predicted octanol–water partition coefficient (Wildman–Crippen LogP) is 3.25. The molecule has 0 saturated heterocycles. The number of ketones is 2. The minimum atomic E-state index is -1.08. The first kappa shape index (κ1) is 25.8. The molecule has 9 heteroatoms. The molecule has 0 saturated carbocycles. The van der Waals surface area contributed by atoms with Crippen molar-refractivity contribution in [1.29, 1.82) is 0 Å². The Morgan fingerprint density at radius 1 is 0.838 bits per heavy atom. The van der Waals surface area contributed by atoms with Crippen LogP contribution in [-0.2, 0) is 33.3 Å². The van der Waals surface area contributed by atoms with Crippen molar-refractivity contribution in [2.24, 2.45) is 0 Å². The molecule has 0 amide bonds. The van der Waals surface area contributed by atoms with Crippen molar-refractivity contribution in [2.75, 3.05) is 6.61 Å². The highest BCUT2D eigenvalue weighted by molar-refractivity contribution is 6.29. The maximum atomic E-state index is 13.5. The van der Waals surface area contributed by atoms with E-state index in [4.69, 9.17) is 18.9 Å². The molecule has 1 aliphatic carbocycles. The molecule has 37 heavy (non-hydrogen) atoms. The monoisotopic (exact) mass is 506 g/mol. The topological polar surface area (TPSA) is 122 Å². The summed E-state index contributed by atoms with van der Waals surface area (Å²) in [6.45, 7) is 6.79. The summed E-state index contributed by atoms with van der Waals surface area (Å²) in [6, 6.07) is 8.38. The molecule has 0 bridgehead atoms. The number of aryl methyl sites for hydroxylation is 1. The Bertz CT molecular complexity index is 1370. The second kappa shape index (κ2) is 10.0. The van der Waals surface area contributed by atoms with Crippen LogP contribution in [0.4, 0.5) is 0 Å². The number of hydrogen-bond donors (Lipinski definition) is 0. The SMILES string of the molecule is CC(=O)OC[C@H]1OC(c2cc(C)c3c(c2C)C(=O)c2ccccc2C3=O)=C[C@@H](OC(C)=O)[C@@H]1OC(C)=O. The molecule has 2 aliphatic rings. The fourth-order valence-corrected chi connectivity index (χ4v) is 4.73. The minimum absolute atomic E-state index is 0.231. The first-order valence-corrected chi connectivity index (χ1v) is 11.7. The second-order valence-electron chi connectivity index (χ2n) is 8.96. The first-order valence-electron chi connectivity index (χ1n) is 11.7. The molecule has 0 radical (unpaired) electrons. The van der Waals surface area contributed by atoms with Gasteiger partial charge in [0, 0.05) is 54.7 Å². The molecular formula is C28H26O9. The normalized spacial score (nSPS) is 20.1. The van der Waals surface area contributed by atoms with Gasteiger partial charge in [0.1, 0.15) is 12.4 Å². The molecule has 9 nitrogen and oxygen atoms in total. The number of rotatable bonds is 5. The number of esters is 3. The molecule has 2 aromatic carbocycles. The molecule has 0 unspecified atom stereocenters. The van der Waals surface area contributed by atoms with Crippen LogP contribution in [0.25, 0.3) is 5.76 Å². The molecule has 0 aromatic heterocycles. The van der Waals surface area contributed by atoms with Crippen LogP contribution in [0, 0.1) is 13.8 Å². The third-order valence-electron chi connectivity index (χ3n) is 6.26. The third-order valence-corrected chi connectivity index (χ3v) is 6.26. The van der Waals surface area contributed by atoms with E-state index in [-0.39, 0.29) is 29.5 Å². The van der Waals surface area contributed by atoms with Crippen LogP contribution in [0.1, 0.15) is 69.3 Å². The summed E-state index contributed by atoms with van der Waals surface area (Å²) in [4.78, 5) is 61.9. The maximum Gasteiger partial charge on any atom is 0.303 e. The Balaban J connectivity index is 1.85. The number of carbonyl (C=O) groups is 5. The molecule has 1 heterocycles. The van der Waals surface area contributed by atoms with Gasteiger partial charge < -0.3 is 18.9 Å². The zero-order valence-corrected chi connectivity index (χ0v) is 21.1. The van der Waals surface area contributed by atoms with Gasteiger partial charge in [-0.05, 0) is 31.0 Å². The van der Waals surface area contributed by atoms with E-state index in [1.165, 1.54) is 26.8 Å². The van der Waals surface area contributed by atoms with Crippen molar-refractivity contribution in [1.82, 2.24) is 0 Å². The van der Waals surface area contributed by atoms with Gasteiger partial charge in [-0.3, -0.25) is 24.0 Å². The molecule has 192 valence electrons. The Morgan fingerprint density at radius 2 is 1.43 bits per heavy atom. The summed E-state index contributed by atoms with van der Waals surface area (Å²) in [5.74, 6) is -2.13. The maximum absolute atomic E-state index is 13.5. The van der Waals surface area contributed by atoms with Gasteiger partial charge in [-0.2, -0.15) is 0 Å². The molecule has 1 aliphatic heterocycles. The number of benzene rings is 2. The summed E-state index contributed by atoms with van der Waals surface area (Å²) >= 11 is 0. The smallest absolute Gasteiger partial charge is 0.303 e. The van der Waals surface area contributed by atoms with Crippen molar-refractivity contribution < 1.29 is 42.9 Å². The summed E-state index contributed by atoms with van der Waals surface area (Å²) in [5, 5.41) is 0. The number of carbonyl (C=O) groups excluding carboxylic acids is 5. The largest absolute Gasteiger partial charge is 0.482 e. The van der Waals surface area contributed by atoms with Crippen molar-refractivity contribution in [3.8, 4) is 0 Å². The summed E-state index contributed by atoms with van der Waals surface area (Å²) in [5.41, 5.74) is 2.82. The highest BCUT2D eigenvalue weighted by atomic mass is 16.6. The summed E-state index contributed by atoms with van der Waals surface area (Å²) in [7, 11) is 0. The van der Waals surface area contributed by atoms with Crippen LogP contribution in [0.2, 0.25) is 0 Å². The number of fused-ring (bicyclic) bond motifs is 2. The predicted molar refractivity (Wildman–Crippen MR) is 130 cm³/mol. The minimum Gasteiger partial charge on any atom is -0.482 e. The van der Waals surface area contributed by atoms with Crippen LogP contribution >= 0.6 is 0 Å². The average molecular weight is 507 g/mol. The van der Waals surface area contributed by atoms with Gasteiger partial charge in [0.2, 0.25) is 0 Å². The van der Waals surface area contributed by atoms with E-state index in [1.807, 2.05) is 0 Å². The van der Waals surface area contributed by atoms with Crippen LogP contribution in [0.3, 0.4) is 0 Å². The van der Waals surface area contributed by atoms with Gasteiger partial charge >= 0.3 is 17.9 Å². The molecule has 0 spiro atoms. The second-order valence-corrected chi connectivity index (χ2v) is 8.96. The Kier molecular flexibility index (Phi) is 6.98. The molecule has 3 atom stereocenters. The lowest BCUT2D eigenvalue weighted by Crippen LogP contribution is -2.48. The molecule has 0 N–H and O–H groups in total. The van der Waals surface area contributed by atoms with E-state index >= 15 is 0 Å². The van der Waals surface area contributed by atoms with Crippen molar-refractivity contribution in [3.05, 3.63) is 75.4 Å². The average Bonchev–Trinajstić information content (AvgIpc) is 2.83. The molecule has 4 rings (SSSR count). The van der Waals surface area contributed by atoms with E-state index in [0.29, 0.717) is 33.4 Å². The van der Waals surface area contributed by atoms with Gasteiger partial charge in [-0.1, -0.05) is 24.3 Å². The van der Waals surface area contributed by atoms with E-state index < -0.39 is 36.2 Å². The van der Waals surface area contributed by atoms with Gasteiger partial charge in [-0.25, -0.2) is 0 Å². The van der Waals surface area contributed by atoms with Crippen molar-refractivity contribution >= 4 is 35.2 Å². The van der Waals surface area contributed by atoms with Gasteiger partial charge in [0.05, 0.1) is 0 Å². The highest BCUT2D eigenvalue weighted by Crippen LogP contribution is 2.38.